The van der Waals surface area contributed by atoms with Crippen LogP contribution in [-0.4, -0.2) is 24.0 Å². The largest absolute Gasteiger partial charge is 0.299 e. The van der Waals surface area contributed by atoms with E-state index >= 15 is 0 Å². The molecule has 0 saturated heterocycles. The quantitative estimate of drug-likeness (QED) is 0.687. The van der Waals surface area contributed by atoms with Crippen molar-refractivity contribution in [2.24, 2.45) is 17.8 Å². The average Bonchev–Trinajstić information content (AvgIpc) is 3.22. The van der Waals surface area contributed by atoms with Crippen LogP contribution >= 0.6 is 0 Å². The van der Waals surface area contributed by atoms with E-state index in [-0.39, 0.29) is 0 Å². The molecular weight excluding hydrogens is 232 g/mol. The van der Waals surface area contributed by atoms with Crippen molar-refractivity contribution in [2.45, 2.75) is 71.3 Å². The Morgan fingerprint density at radius 1 is 1.05 bits per heavy atom. The third-order valence-corrected chi connectivity index (χ3v) is 4.96. The fraction of sp³-hybridized carbons (Fsp3) is 0.941. The summed E-state index contributed by atoms with van der Waals surface area (Å²) < 4.78 is 0. The van der Waals surface area contributed by atoms with Gasteiger partial charge in [0, 0.05) is 12.6 Å². The van der Waals surface area contributed by atoms with Gasteiger partial charge in [0.15, 0.2) is 0 Å². The molecule has 19 heavy (non-hydrogen) atoms. The predicted octanol–water partition coefficient (Wildman–Crippen LogP) is 4.22. The standard InChI is InChI=1S/C17H30N2/c1-3-5-14-8-9-16(12-18)17(11-14)19(10-4-2)13-15-6-7-15/h14-17H,3-11,13H2,1-2H3. The van der Waals surface area contributed by atoms with E-state index in [4.69, 9.17) is 0 Å². The summed E-state index contributed by atoms with van der Waals surface area (Å²) in [7, 11) is 0. The first-order valence-corrected chi connectivity index (χ1v) is 8.42. The summed E-state index contributed by atoms with van der Waals surface area (Å²) in [6.45, 7) is 7.01. The van der Waals surface area contributed by atoms with E-state index in [0.717, 1.165) is 18.3 Å². The fourth-order valence-electron chi connectivity index (χ4n) is 3.77. The molecular formula is C17H30N2. The summed E-state index contributed by atoms with van der Waals surface area (Å²) in [5, 5.41) is 9.47. The van der Waals surface area contributed by atoms with Crippen molar-refractivity contribution in [3.63, 3.8) is 0 Å². The lowest BCUT2D eigenvalue weighted by Gasteiger charge is -2.40. The first-order chi connectivity index (χ1) is 9.28. The molecule has 0 amide bonds. The number of hydrogen-bond acceptors (Lipinski definition) is 2. The number of hydrogen-bond donors (Lipinski definition) is 0. The third-order valence-electron chi connectivity index (χ3n) is 4.96. The van der Waals surface area contributed by atoms with Crippen molar-refractivity contribution in [2.75, 3.05) is 13.1 Å². The lowest BCUT2D eigenvalue weighted by Crippen LogP contribution is -2.45. The van der Waals surface area contributed by atoms with Crippen molar-refractivity contribution in [3.05, 3.63) is 0 Å². The fourth-order valence-corrected chi connectivity index (χ4v) is 3.77. The molecule has 2 nitrogen and oxygen atoms in total. The van der Waals surface area contributed by atoms with Gasteiger partial charge in [0.2, 0.25) is 0 Å². The lowest BCUT2D eigenvalue weighted by molar-refractivity contribution is 0.0932. The van der Waals surface area contributed by atoms with Gasteiger partial charge in [0.25, 0.3) is 0 Å². The number of nitriles is 1. The van der Waals surface area contributed by atoms with E-state index in [0.29, 0.717) is 12.0 Å². The van der Waals surface area contributed by atoms with Crippen LogP contribution in [0.25, 0.3) is 0 Å². The molecule has 0 aromatic rings. The molecule has 3 atom stereocenters. The molecule has 2 aliphatic rings. The molecule has 0 aromatic carbocycles. The maximum Gasteiger partial charge on any atom is 0.0672 e. The van der Waals surface area contributed by atoms with E-state index in [1.54, 1.807) is 0 Å². The van der Waals surface area contributed by atoms with Crippen LogP contribution in [0.5, 0.6) is 0 Å². The van der Waals surface area contributed by atoms with Gasteiger partial charge in [-0.2, -0.15) is 5.26 Å². The van der Waals surface area contributed by atoms with Crippen molar-refractivity contribution < 1.29 is 0 Å². The summed E-state index contributed by atoms with van der Waals surface area (Å²) >= 11 is 0. The maximum absolute atomic E-state index is 9.47. The molecule has 2 heteroatoms. The Bertz CT molecular complexity index is 303. The van der Waals surface area contributed by atoms with Gasteiger partial charge in [0.05, 0.1) is 12.0 Å². The lowest BCUT2D eigenvalue weighted by atomic mass is 9.76. The summed E-state index contributed by atoms with van der Waals surface area (Å²) in [5.41, 5.74) is 0. The van der Waals surface area contributed by atoms with Crippen molar-refractivity contribution in [3.8, 4) is 6.07 Å². The average molecular weight is 262 g/mol. The summed E-state index contributed by atoms with van der Waals surface area (Å²) in [6.07, 6.45) is 10.4. The molecule has 0 aliphatic heterocycles. The van der Waals surface area contributed by atoms with Crippen LogP contribution in [0.1, 0.15) is 65.2 Å². The molecule has 0 spiro atoms. The molecule has 2 aliphatic carbocycles. The van der Waals surface area contributed by atoms with Gasteiger partial charge >= 0.3 is 0 Å². The zero-order valence-corrected chi connectivity index (χ0v) is 12.8. The van der Waals surface area contributed by atoms with Gasteiger partial charge in [-0.15, -0.1) is 0 Å². The van der Waals surface area contributed by atoms with Crippen LogP contribution in [0.15, 0.2) is 0 Å². The zero-order chi connectivity index (χ0) is 13.7. The van der Waals surface area contributed by atoms with E-state index in [2.05, 4.69) is 24.8 Å². The Labute approximate surface area is 119 Å². The van der Waals surface area contributed by atoms with Crippen LogP contribution in [0.3, 0.4) is 0 Å². The van der Waals surface area contributed by atoms with Crippen molar-refractivity contribution in [1.82, 2.24) is 4.90 Å². The second-order valence-electron chi connectivity index (χ2n) is 6.71. The third kappa shape index (κ3) is 4.21. The normalized spacial score (nSPS) is 31.4. The van der Waals surface area contributed by atoms with E-state index < -0.39 is 0 Å². The smallest absolute Gasteiger partial charge is 0.0672 e. The van der Waals surface area contributed by atoms with Crippen LogP contribution in [0.2, 0.25) is 0 Å². The van der Waals surface area contributed by atoms with Gasteiger partial charge in [0.1, 0.15) is 0 Å². The second-order valence-corrected chi connectivity index (χ2v) is 6.71. The Kier molecular flexibility index (Phi) is 5.70. The Balaban J connectivity index is 1.98. The van der Waals surface area contributed by atoms with E-state index in [1.165, 1.54) is 58.0 Å². The summed E-state index contributed by atoms with van der Waals surface area (Å²) in [5.74, 6) is 2.11. The molecule has 2 rings (SSSR count). The molecule has 2 fully saturated rings. The van der Waals surface area contributed by atoms with Crippen LogP contribution < -0.4 is 0 Å². The zero-order valence-electron chi connectivity index (χ0n) is 12.8. The van der Waals surface area contributed by atoms with Gasteiger partial charge in [-0.25, -0.2) is 0 Å². The topological polar surface area (TPSA) is 27.0 Å². The first-order valence-electron chi connectivity index (χ1n) is 8.42. The highest BCUT2D eigenvalue weighted by Crippen LogP contribution is 2.37. The minimum absolute atomic E-state index is 0.290. The molecule has 0 N–H and O–H groups in total. The van der Waals surface area contributed by atoms with Gasteiger partial charge < -0.3 is 0 Å². The van der Waals surface area contributed by atoms with E-state index in [1.807, 2.05) is 0 Å². The number of nitrogens with zero attached hydrogens (tertiary/aromatic N) is 2. The van der Waals surface area contributed by atoms with Crippen molar-refractivity contribution >= 4 is 0 Å². The molecule has 108 valence electrons. The Hall–Kier alpha value is -0.550. The van der Waals surface area contributed by atoms with Crippen LogP contribution in [0.4, 0.5) is 0 Å². The Morgan fingerprint density at radius 3 is 2.37 bits per heavy atom. The molecule has 0 aromatic heterocycles. The van der Waals surface area contributed by atoms with Crippen molar-refractivity contribution in [1.29, 1.82) is 5.26 Å². The molecule has 0 radical (unpaired) electrons. The minimum atomic E-state index is 0.290. The second kappa shape index (κ2) is 7.29. The maximum atomic E-state index is 9.47. The monoisotopic (exact) mass is 262 g/mol. The van der Waals surface area contributed by atoms with Gasteiger partial charge in [-0.3, -0.25) is 4.90 Å². The SMILES string of the molecule is CCCC1CCC(C#N)C(N(CCC)CC2CC2)C1. The summed E-state index contributed by atoms with van der Waals surface area (Å²) in [4.78, 5) is 2.67. The summed E-state index contributed by atoms with van der Waals surface area (Å²) in [6, 6.07) is 3.16. The van der Waals surface area contributed by atoms with Crippen LogP contribution in [0, 0.1) is 29.1 Å². The van der Waals surface area contributed by atoms with Crippen LogP contribution in [-0.2, 0) is 0 Å². The molecule has 2 saturated carbocycles. The molecule has 0 heterocycles. The first kappa shape index (κ1) is 14.9. The highest BCUT2D eigenvalue weighted by molar-refractivity contribution is 4.98. The highest BCUT2D eigenvalue weighted by Gasteiger charge is 2.36. The highest BCUT2D eigenvalue weighted by atomic mass is 15.2. The predicted molar refractivity (Wildman–Crippen MR) is 79.7 cm³/mol. The molecule has 3 unspecified atom stereocenters. The Morgan fingerprint density at radius 2 is 1.79 bits per heavy atom. The van der Waals surface area contributed by atoms with Gasteiger partial charge in [-0.1, -0.05) is 26.7 Å². The number of rotatable bonds is 7. The minimum Gasteiger partial charge on any atom is -0.299 e. The van der Waals surface area contributed by atoms with E-state index in [9.17, 15) is 5.26 Å². The van der Waals surface area contributed by atoms with Gasteiger partial charge in [-0.05, 0) is 56.9 Å². The molecule has 0 bridgehead atoms.